The maximum Gasteiger partial charge on any atom is 0.0652 e. The summed E-state index contributed by atoms with van der Waals surface area (Å²) in [5.41, 5.74) is 0.285. The first kappa shape index (κ1) is 15.3. The molecule has 1 aliphatic heterocycles. The Hall–Kier alpha value is -0.120. The minimum absolute atomic E-state index is 0.285. The van der Waals surface area contributed by atoms with Crippen LogP contribution in [0, 0.1) is 11.3 Å². The van der Waals surface area contributed by atoms with Crippen LogP contribution in [0.4, 0.5) is 0 Å². The van der Waals surface area contributed by atoms with Gasteiger partial charge in [0.1, 0.15) is 0 Å². The molecule has 0 aromatic carbocycles. The number of hydrogen-bond acceptors (Lipinski definition) is 3. The number of hydrogen-bond donors (Lipinski definition) is 1. The summed E-state index contributed by atoms with van der Waals surface area (Å²) in [6, 6.07) is 1.26. The van der Waals surface area contributed by atoms with Crippen LogP contribution < -0.4 is 5.32 Å². The molecule has 1 saturated carbocycles. The van der Waals surface area contributed by atoms with Gasteiger partial charge in [-0.1, -0.05) is 20.8 Å². The molecule has 3 unspecified atom stereocenters. The molecule has 0 aromatic rings. The molecule has 1 aliphatic carbocycles. The highest BCUT2D eigenvalue weighted by atomic mass is 16.5. The molecule has 1 heterocycles. The quantitative estimate of drug-likeness (QED) is 0.829. The molecule has 0 amide bonds. The normalized spacial score (nSPS) is 33.9. The summed E-state index contributed by atoms with van der Waals surface area (Å²) in [4.78, 5) is 2.57. The molecule has 0 aromatic heterocycles. The van der Waals surface area contributed by atoms with E-state index in [0.717, 1.165) is 5.92 Å². The van der Waals surface area contributed by atoms with E-state index in [4.69, 9.17) is 4.74 Å². The molecule has 1 saturated heterocycles. The molecular weight excluding hydrogens is 236 g/mol. The molecule has 1 N–H and O–H groups in total. The summed E-state index contributed by atoms with van der Waals surface area (Å²) in [6.07, 6.45) is 4.30. The van der Waals surface area contributed by atoms with Crippen LogP contribution >= 0.6 is 0 Å². The number of methoxy groups -OCH3 is 1. The van der Waals surface area contributed by atoms with Crippen LogP contribution in [0.15, 0.2) is 0 Å². The molecule has 2 rings (SSSR count). The van der Waals surface area contributed by atoms with Gasteiger partial charge in [0.05, 0.1) is 6.10 Å². The number of nitrogens with zero attached hydrogens (tertiary/aromatic N) is 1. The Bertz CT molecular complexity index is 284. The fourth-order valence-corrected chi connectivity index (χ4v) is 3.79. The van der Waals surface area contributed by atoms with Crippen molar-refractivity contribution < 1.29 is 4.74 Å². The molecule has 0 radical (unpaired) electrons. The van der Waals surface area contributed by atoms with Gasteiger partial charge in [0.25, 0.3) is 0 Å². The second-order valence-corrected chi connectivity index (χ2v) is 7.06. The van der Waals surface area contributed by atoms with Crippen LogP contribution in [0.5, 0.6) is 0 Å². The highest BCUT2D eigenvalue weighted by Gasteiger charge is 2.49. The van der Waals surface area contributed by atoms with Crippen LogP contribution in [0.1, 0.15) is 47.0 Å². The van der Waals surface area contributed by atoms with Crippen LogP contribution in [0.2, 0.25) is 0 Å². The minimum atomic E-state index is 0.285. The van der Waals surface area contributed by atoms with E-state index in [1.54, 1.807) is 0 Å². The predicted molar refractivity (Wildman–Crippen MR) is 80.4 cm³/mol. The standard InChI is InChI=1S/C16H32N2O/c1-6-18-9-7-13(8-10-18)12(2)17-14-11-15(19-5)16(14,3)4/h12-15,17H,6-11H2,1-5H3. The van der Waals surface area contributed by atoms with Gasteiger partial charge >= 0.3 is 0 Å². The molecule has 3 heteroatoms. The van der Waals surface area contributed by atoms with Gasteiger partial charge < -0.3 is 15.0 Å². The van der Waals surface area contributed by atoms with Crippen LogP contribution in [-0.4, -0.2) is 49.8 Å². The van der Waals surface area contributed by atoms with Gasteiger partial charge in [0.2, 0.25) is 0 Å². The van der Waals surface area contributed by atoms with E-state index in [1.165, 1.54) is 38.9 Å². The second kappa shape index (κ2) is 6.11. The smallest absolute Gasteiger partial charge is 0.0652 e. The van der Waals surface area contributed by atoms with Gasteiger partial charge in [0.15, 0.2) is 0 Å². The number of rotatable bonds is 5. The zero-order valence-corrected chi connectivity index (χ0v) is 13.4. The van der Waals surface area contributed by atoms with Gasteiger partial charge in [-0.25, -0.2) is 0 Å². The third-order valence-electron chi connectivity index (χ3n) is 5.71. The van der Waals surface area contributed by atoms with E-state index in [2.05, 4.69) is 37.9 Å². The van der Waals surface area contributed by atoms with Crippen LogP contribution in [0.25, 0.3) is 0 Å². The van der Waals surface area contributed by atoms with E-state index in [-0.39, 0.29) is 5.41 Å². The lowest BCUT2D eigenvalue weighted by atomic mass is 9.64. The zero-order valence-electron chi connectivity index (χ0n) is 13.4. The van der Waals surface area contributed by atoms with Gasteiger partial charge in [-0.05, 0) is 51.7 Å². The molecule has 0 bridgehead atoms. The number of ether oxygens (including phenoxy) is 1. The van der Waals surface area contributed by atoms with Crippen LogP contribution in [-0.2, 0) is 4.74 Å². The van der Waals surface area contributed by atoms with Gasteiger partial charge in [-0.15, -0.1) is 0 Å². The van der Waals surface area contributed by atoms with Gasteiger partial charge in [-0.3, -0.25) is 0 Å². The highest BCUT2D eigenvalue weighted by molar-refractivity contribution is 5.03. The van der Waals surface area contributed by atoms with Crippen molar-refractivity contribution in [1.82, 2.24) is 10.2 Å². The Morgan fingerprint density at radius 2 is 1.95 bits per heavy atom. The molecule has 19 heavy (non-hydrogen) atoms. The number of likely N-dealkylation sites (tertiary alicyclic amines) is 1. The van der Waals surface area contributed by atoms with Crippen LogP contribution in [0.3, 0.4) is 0 Å². The highest BCUT2D eigenvalue weighted by Crippen LogP contribution is 2.43. The van der Waals surface area contributed by atoms with Crippen molar-refractivity contribution in [1.29, 1.82) is 0 Å². The van der Waals surface area contributed by atoms with E-state index >= 15 is 0 Å². The predicted octanol–water partition coefficient (Wildman–Crippen LogP) is 2.51. The lowest BCUT2D eigenvalue weighted by molar-refractivity contribution is -0.102. The SMILES string of the molecule is CCN1CCC(C(C)NC2CC(OC)C2(C)C)CC1. The second-order valence-electron chi connectivity index (χ2n) is 7.06. The van der Waals surface area contributed by atoms with E-state index < -0.39 is 0 Å². The summed E-state index contributed by atoms with van der Waals surface area (Å²) in [5.74, 6) is 0.847. The molecule has 0 spiro atoms. The Kier molecular flexibility index (Phi) is 4.91. The average Bonchev–Trinajstić information content (AvgIpc) is 2.42. The van der Waals surface area contributed by atoms with Crippen molar-refractivity contribution in [2.45, 2.75) is 65.1 Å². The van der Waals surface area contributed by atoms with Crippen molar-refractivity contribution in [2.75, 3.05) is 26.7 Å². The van der Waals surface area contributed by atoms with Crippen molar-refractivity contribution in [3.05, 3.63) is 0 Å². The largest absolute Gasteiger partial charge is 0.381 e. The molecule has 2 fully saturated rings. The first-order chi connectivity index (χ1) is 8.98. The summed E-state index contributed by atoms with van der Waals surface area (Å²) >= 11 is 0. The third-order valence-corrected chi connectivity index (χ3v) is 5.71. The Balaban J connectivity index is 1.78. The topological polar surface area (TPSA) is 24.5 Å². The Labute approximate surface area is 119 Å². The summed E-state index contributed by atoms with van der Waals surface area (Å²) in [5, 5.41) is 3.87. The lowest BCUT2D eigenvalue weighted by Gasteiger charge is -2.53. The number of nitrogens with one attached hydrogen (secondary N) is 1. The van der Waals surface area contributed by atoms with Crippen molar-refractivity contribution in [3.63, 3.8) is 0 Å². The van der Waals surface area contributed by atoms with Crippen molar-refractivity contribution in [3.8, 4) is 0 Å². The Morgan fingerprint density at radius 3 is 2.42 bits per heavy atom. The van der Waals surface area contributed by atoms with Gasteiger partial charge in [-0.2, -0.15) is 0 Å². The van der Waals surface area contributed by atoms with Crippen molar-refractivity contribution >= 4 is 0 Å². The fourth-order valence-electron chi connectivity index (χ4n) is 3.79. The third kappa shape index (κ3) is 3.14. The number of piperidine rings is 1. The first-order valence-corrected chi connectivity index (χ1v) is 8.00. The summed E-state index contributed by atoms with van der Waals surface area (Å²) < 4.78 is 5.54. The lowest BCUT2D eigenvalue weighted by Crippen LogP contribution is -2.63. The monoisotopic (exact) mass is 268 g/mol. The zero-order chi connectivity index (χ0) is 14.0. The van der Waals surface area contributed by atoms with Crippen molar-refractivity contribution in [2.24, 2.45) is 11.3 Å². The molecule has 3 nitrogen and oxygen atoms in total. The van der Waals surface area contributed by atoms with E-state index in [1.807, 2.05) is 7.11 Å². The molecular formula is C16H32N2O. The fraction of sp³-hybridized carbons (Fsp3) is 1.00. The minimum Gasteiger partial charge on any atom is -0.381 e. The van der Waals surface area contributed by atoms with E-state index in [0.29, 0.717) is 18.2 Å². The molecule has 3 atom stereocenters. The molecule has 112 valence electrons. The van der Waals surface area contributed by atoms with E-state index in [9.17, 15) is 0 Å². The first-order valence-electron chi connectivity index (χ1n) is 8.00. The average molecular weight is 268 g/mol. The summed E-state index contributed by atoms with van der Waals surface area (Å²) in [6.45, 7) is 13.1. The maximum absolute atomic E-state index is 5.54. The van der Waals surface area contributed by atoms with Gasteiger partial charge in [0, 0.05) is 24.6 Å². The molecule has 2 aliphatic rings. The maximum atomic E-state index is 5.54. The summed E-state index contributed by atoms with van der Waals surface area (Å²) in [7, 11) is 1.84. The Morgan fingerprint density at radius 1 is 1.32 bits per heavy atom.